The van der Waals surface area contributed by atoms with Crippen molar-refractivity contribution in [1.82, 2.24) is 4.90 Å². The third-order valence-electron chi connectivity index (χ3n) is 3.64. The summed E-state index contributed by atoms with van der Waals surface area (Å²) in [5, 5.41) is 10.3. The van der Waals surface area contributed by atoms with Crippen molar-refractivity contribution in [3.05, 3.63) is 63.5 Å². The monoisotopic (exact) mass is 375 g/mol. The van der Waals surface area contributed by atoms with Crippen LogP contribution in [0.25, 0.3) is 6.08 Å². The average Bonchev–Trinajstić information content (AvgIpc) is 2.84. The van der Waals surface area contributed by atoms with E-state index in [1.165, 1.54) is 13.2 Å². The van der Waals surface area contributed by atoms with Crippen molar-refractivity contribution in [3.8, 4) is 11.5 Å². The zero-order chi connectivity index (χ0) is 18.0. The zero-order valence-electron chi connectivity index (χ0n) is 13.2. The number of ether oxygens (including phenoxy) is 1. The van der Waals surface area contributed by atoms with Crippen LogP contribution in [0.5, 0.6) is 11.5 Å². The van der Waals surface area contributed by atoms with Crippen LogP contribution in [0.1, 0.15) is 11.1 Å². The van der Waals surface area contributed by atoms with E-state index < -0.39 is 5.91 Å². The fourth-order valence-electron chi connectivity index (χ4n) is 2.42. The first-order valence-electron chi connectivity index (χ1n) is 7.35. The Morgan fingerprint density at radius 1 is 1.24 bits per heavy atom. The van der Waals surface area contributed by atoms with Crippen LogP contribution in [0.3, 0.4) is 0 Å². The van der Waals surface area contributed by atoms with E-state index in [1.54, 1.807) is 42.5 Å². The molecule has 2 aromatic carbocycles. The predicted octanol–water partition coefficient (Wildman–Crippen LogP) is 4.29. The zero-order valence-corrected chi connectivity index (χ0v) is 14.8. The van der Waals surface area contributed by atoms with Gasteiger partial charge in [0.15, 0.2) is 11.5 Å². The summed E-state index contributed by atoms with van der Waals surface area (Å²) in [7, 11) is 1.44. The number of imide groups is 1. The number of rotatable bonds is 4. The Bertz CT molecular complexity index is 881. The summed E-state index contributed by atoms with van der Waals surface area (Å²) in [6.07, 6.45) is 1.49. The van der Waals surface area contributed by atoms with Gasteiger partial charge in [0, 0.05) is 10.6 Å². The maximum atomic E-state index is 12.5. The van der Waals surface area contributed by atoms with Crippen molar-refractivity contribution in [2.24, 2.45) is 0 Å². The molecule has 1 aliphatic heterocycles. The molecular formula is C18H14ClNO4S. The highest BCUT2D eigenvalue weighted by Crippen LogP contribution is 2.37. The number of phenols is 1. The van der Waals surface area contributed by atoms with Gasteiger partial charge in [-0.1, -0.05) is 35.9 Å². The van der Waals surface area contributed by atoms with Crippen LogP contribution in [-0.4, -0.2) is 28.3 Å². The molecule has 0 unspecified atom stereocenters. The smallest absolute Gasteiger partial charge is 0.293 e. The Balaban J connectivity index is 1.86. The molecule has 25 heavy (non-hydrogen) atoms. The molecule has 1 heterocycles. The summed E-state index contributed by atoms with van der Waals surface area (Å²) in [6.45, 7) is 0.145. The molecule has 7 heteroatoms. The van der Waals surface area contributed by atoms with E-state index in [0.717, 1.165) is 22.2 Å². The van der Waals surface area contributed by atoms with Gasteiger partial charge in [0.05, 0.1) is 18.6 Å². The lowest BCUT2D eigenvalue weighted by molar-refractivity contribution is -0.123. The van der Waals surface area contributed by atoms with Gasteiger partial charge in [-0.15, -0.1) is 0 Å². The van der Waals surface area contributed by atoms with E-state index in [4.69, 9.17) is 16.3 Å². The summed E-state index contributed by atoms with van der Waals surface area (Å²) in [5.41, 5.74) is 1.17. The number of carbonyl (C=O) groups is 2. The van der Waals surface area contributed by atoms with Gasteiger partial charge in [-0.3, -0.25) is 14.5 Å². The lowest BCUT2D eigenvalue weighted by Crippen LogP contribution is -2.27. The van der Waals surface area contributed by atoms with Crippen LogP contribution >= 0.6 is 23.4 Å². The van der Waals surface area contributed by atoms with E-state index in [2.05, 4.69) is 0 Å². The number of para-hydroxylation sites is 1. The molecule has 1 fully saturated rings. The van der Waals surface area contributed by atoms with Gasteiger partial charge in [0.2, 0.25) is 0 Å². The number of methoxy groups -OCH3 is 1. The number of amides is 2. The highest BCUT2D eigenvalue weighted by molar-refractivity contribution is 8.18. The Kier molecular flexibility index (Phi) is 5.01. The van der Waals surface area contributed by atoms with E-state index in [0.29, 0.717) is 16.3 Å². The number of halogens is 1. The molecule has 0 aliphatic carbocycles. The number of phenolic OH excluding ortho intramolecular Hbond substituents is 1. The van der Waals surface area contributed by atoms with Crippen molar-refractivity contribution < 1.29 is 19.4 Å². The Hall–Kier alpha value is -2.44. The Morgan fingerprint density at radius 2 is 2.00 bits per heavy atom. The second-order valence-electron chi connectivity index (χ2n) is 5.30. The molecular weight excluding hydrogens is 362 g/mol. The molecule has 0 saturated carbocycles. The van der Waals surface area contributed by atoms with Crippen LogP contribution in [-0.2, 0) is 11.3 Å². The second-order valence-corrected chi connectivity index (χ2v) is 6.73. The number of carbonyl (C=O) groups excluding carboxylic acids is 2. The largest absolute Gasteiger partial charge is 0.504 e. The molecule has 5 nitrogen and oxygen atoms in total. The van der Waals surface area contributed by atoms with Gasteiger partial charge in [-0.2, -0.15) is 0 Å². The first-order valence-corrected chi connectivity index (χ1v) is 8.55. The topological polar surface area (TPSA) is 66.8 Å². The molecule has 0 aromatic heterocycles. The second kappa shape index (κ2) is 7.21. The first-order chi connectivity index (χ1) is 12.0. The minimum Gasteiger partial charge on any atom is -0.504 e. The fourth-order valence-corrected chi connectivity index (χ4v) is 3.46. The maximum Gasteiger partial charge on any atom is 0.293 e. The highest BCUT2D eigenvalue weighted by Gasteiger charge is 2.35. The Labute approximate surface area is 153 Å². The van der Waals surface area contributed by atoms with E-state index >= 15 is 0 Å². The van der Waals surface area contributed by atoms with Crippen molar-refractivity contribution in [2.45, 2.75) is 6.54 Å². The molecule has 3 rings (SSSR count). The van der Waals surface area contributed by atoms with Crippen LogP contribution < -0.4 is 4.74 Å². The lowest BCUT2D eigenvalue weighted by Gasteiger charge is -2.12. The molecule has 1 aliphatic rings. The minimum atomic E-state index is -0.405. The van der Waals surface area contributed by atoms with Gasteiger partial charge >= 0.3 is 0 Å². The SMILES string of the molecule is COc1cccc(/C=C2\SC(=O)N(Cc3cccc(Cl)c3)C2=O)c1O. The summed E-state index contributed by atoms with van der Waals surface area (Å²) in [6, 6.07) is 11.9. The lowest BCUT2D eigenvalue weighted by atomic mass is 10.1. The summed E-state index contributed by atoms with van der Waals surface area (Å²) < 4.78 is 5.05. The molecule has 2 aromatic rings. The van der Waals surface area contributed by atoms with Crippen LogP contribution in [0.4, 0.5) is 4.79 Å². The van der Waals surface area contributed by atoms with E-state index in [9.17, 15) is 14.7 Å². The standard InChI is InChI=1S/C18H14ClNO4S/c1-24-14-7-3-5-12(16(14)21)9-15-17(22)20(18(23)25-15)10-11-4-2-6-13(19)8-11/h2-9,21H,10H2,1H3/b15-9-. The van der Waals surface area contributed by atoms with Gasteiger partial charge in [-0.25, -0.2) is 0 Å². The fraction of sp³-hybridized carbons (Fsp3) is 0.111. The third kappa shape index (κ3) is 3.65. The maximum absolute atomic E-state index is 12.5. The van der Waals surface area contributed by atoms with Crippen molar-refractivity contribution in [1.29, 1.82) is 0 Å². The van der Waals surface area contributed by atoms with Crippen molar-refractivity contribution in [2.75, 3.05) is 7.11 Å². The van der Waals surface area contributed by atoms with Gasteiger partial charge in [0.1, 0.15) is 0 Å². The van der Waals surface area contributed by atoms with E-state index in [1.807, 2.05) is 0 Å². The van der Waals surface area contributed by atoms with Gasteiger partial charge in [0.25, 0.3) is 11.1 Å². The molecule has 1 N–H and O–H groups in total. The minimum absolute atomic E-state index is 0.0772. The number of thioether (sulfide) groups is 1. The number of benzene rings is 2. The van der Waals surface area contributed by atoms with Crippen LogP contribution in [0, 0.1) is 0 Å². The van der Waals surface area contributed by atoms with E-state index in [-0.39, 0.29) is 22.4 Å². The molecule has 0 bridgehead atoms. The summed E-state index contributed by atoms with van der Waals surface area (Å²) in [4.78, 5) is 26.1. The predicted molar refractivity (Wildman–Crippen MR) is 97.6 cm³/mol. The third-order valence-corrected chi connectivity index (χ3v) is 4.78. The quantitative estimate of drug-likeness (QED) is 0.807. The molecule has 2 amide bonds. The number of nitrogens with zero attached hydrogens (tertiary/aromatic N) is 1. The molecule has 128 valence electrons. The average molecular weight is 376 g/mol. The Morgan fingerprint density at radius 3 is 2.72 bits per heavy atom. The molecule has 0 atom stereocenters. The van der Waals surface area contributed by atoms with Crippen molar-refractivity contribution in [3.63, 3.8) is 0 Å². The van der Waals surface area contributed by atoms with Gasteiger partial charge in [-0.05, 0) is 41.6 Å². The van der Waals surface area contributed by atoms with Crippen molar-refractivity contribution >= 4 is 40.6 Å². The number of hydrogen-bond acceptors (Lipinski definition) is 5. The summed E-state index contributed by atoms with van der Waals surface area (Å²) in [5.74, 6) is -0.184. The summed E-state index contributed by atoms with van der Waals surface area (Å²) >= 11 is 6.78. The first kappa shape index (κ1) is 17.4. The molecule has 0 spiro atoms. The molecule has 0 radical (unpaired) electrons. The highest BCUT2D eigenvalue weighted by atomic mass is 35.5. The number of aromatic hydroxyl groups is 1. The normalized spacial score (nSPS) is 15.9. The van der Waals surface area contributed by atoms with Gasteiger partial charge < -0.3 is 9.84 Å². The van der Waals surface area contributed by atoms with Crippen LogP contribution in [0.15, 0.2) is 47.4 Å². The molecule has 1 saturated heterocycles. The van der Waals surface area contributed by atoms with Crippen LogP contribution in [0.2, 0.25) is 5.02 Å². The number of hydrogen-bond donors (Lipinski definition) is 1.